The zero-order chi connectivity index (χ0) is 45.8. The van der Waals surface area contributed by atoms with Crippen LogP contribution >= 0.6 is 0 Å². The molecule has 337 valence electrons. The van der Waals surface area contributed by atoms with Crippen molar-refractivity contribution in [3.63, 3.8) is 0 Å². The van der Waals surface area contributed by atoms with Gasteiger partial charge in [-0.1, -0.05) is 170 Å². The van der Waals surface area contributed by atoms with Crippen LogP contribution in [0.1, 0.15) is 76.6 Å². The Balaban J connectivity index is 0.000000183. The molecule has 0 saturated heterocycles. The predicted octanol–water partition coefficient (Wildman–Crippen LogP) is 15.8. The van der Waals surface area contributed by atoms with Crippen LogP contribution in [0.5, 0.6) is 0 Å². The summed E-state index contributed by atoms with van der Waals surface area (Å²) in [5.41, 5.74) is 16.7. The van der Waals surface area contributed by atoms with E-state index in [1.807, 2.05) is 73.2 Å². The summed E-state index contributed by atoms with van der Waals surface area (Å²) in [5, 5.41) is 3.73. The molecule has 1 aliphatic carbocycles. The summed E-state index contributed by atoms with van der Waals surface area (Å²) in [6.07, 6.45) is 10.6. The summed E-state index contributed by atoms with van der Waals surface area (Å²) in [7, 11) is -1.22. The molecule has 0 spiro atoms. The first-order chi connectivity index (χ1) is 31.1. The van der Waals surface area contributed by atoms with Gasteiger partial charge in [0.2, 0.25) is 0 Å². The van der Waals surface area contributed by atoms with Crippen LogP contribution in [0, 0.1) is 0 Å². The van der Waals surface area contributed by atoms with Gasteiger partial charge in [-0.3, -0.25) is 15.0 Å². The Bertz CT molecular complexity index is 2950. The number of hydrogen-bond acceptors (Lipinski definition) is 4. The zero-order valence-corrected chi connectivity index (χ0v) is 43.5. The van der Waals surface area contributed by atoms with E-state index >= 15 is 0 Å². The molecule has 10 rings (SSSR count). The molecule has 0 fully saturated rings. The minimum Gasteiger partial charge on any atom is -0.455 e. The normalized spacial score (nSPS) is 12.6. The molecule has 0 saturated carbocycles. The Morgan fingerprint density at radius 3 is 1.73 bits per heavy atom. The molecular weight excluding hydrogens is 999 g/mol. The summed E-state index contributed by atoms with van der Waals surface area (Å²) in [6.45, 7) is 20.8. The SMILES string of the molecule is CC(C)(C)c1cc(-c2ccc3c(c2)oc2c(-c4nccc5c4CCCC5)cccc23)cc(C(C)(C)C)c1.C[Si](C)(C)c1ccc(-c2ccccc2)nc1.[Ir].c1ccc(-c2ccccn2)cc1. The van der Waals surface area contributed by atoms with Gasteiger partial charge in [0, 0.05) is 66.2 Å². The standard InChI is InChI=1S/C35H37NO.C14H17NSi.C11H9N.Ir/c1-34(2,3)25-18-24(19-26(21-25)35(4,5)6)23-14-15-28-29-12-9-13-30(33(29)37-31(28)20-23)32-27-11-8-7-10-22(27)16-17-36-32;1-16(2,3)13-9-10-14(15-11-13)12-7-5-4-6-8-12;1-2-6-10(7-3-1)11-8-4-5-9-12-11;/h9,12-21H,7-8,10-11H2,1-6H3;4-11H,1-3H3;1-9H;. The van der Waals surface area contributed by atoms with Crippen molar-refractivity contribution in [3.8, 4) is 44.9 Å². The van der Waals surface area contributed by atoms with Crippen molar-refractivity contribution in [2.75, 3.05) is 0 Å². The smallest absolute Gasteiger partial charge is 0.144 e. The topological polar surface area (TPSA) is 51.8 Å². The first-order valence-electron chi connectivity index (χ1n) is 23.2. The third-order valence-electron chi connectivity index (χ3n) is 12.5. The molecule has 4 aromatic heterocycles. The number of hydrogen-bond donors (Lipinski definition) is 0. The maximum absolute atomic E-state index is 6.65. The minimum atomic E-state index is -1.22. The number of rotatable bonds is 5. The molecule has 0 N–H and O–H groups in total. The van der Waals surface area contributed by atoms with Crippen LogP contribution in [0.2, 0.25) is 19.6 Å². The van der Waals surface area contributed by atoms with Gasteiger partial charge in [-0.15, -0.1) is 0 Å². The van der Waals surface area contributed by atoms with Crippen LogP contribution in [-0.4, -0.2) is 23.0 Å². The molecule has 6 heteroatoms. The number of benzene rings is 5. The van der Waals surface area contributed by atoms with E-state index in [4.69, 9.17) is 9.40 Å². The molecule has 5 aromatic carbocycles. The quantitative estimate of drug-likeness (QED) is 0.161. The Kier molecular flexibility index (Phi) is 14.9. The number of nitrogens with zero attached hydrogens (tertiary/aromatic N) is 3. The summed E-state index contributed by atoms with van der Waals surface area (Å²) in [4.78, 5) is 13.7. The molecule has 0 unspecified atom stereocenters. The van der Waals surface area contributed by atoms with E-state index in [-0.39, 0.29) is 30.9 Å². The van der Waals surface area contributed by atoms with Gasteiger partial charge in [0.15, 0.2) is 0 Å². The van der Waals surface area contributed by atoms with Crippen molar-refractivity contribution < 1.29 is 24.5 Å². The van der Waals surface area contributed by atoms with Crippen molar-refractivity contribution in [3.05, 3.63) is 193 Å². The largest absolute Gasteiger partial charge is 0.455 e. The fourth-order valence-corrected chi connectivity index (χ4v) is 9.51. The molecule has 4 heterocycles. The van der Waals surface area contributed by atoms with Gasteiger partial charge in [0.25, 0.3) is 0 Å². The monoisotopic (exact) mass is 1060 g/mol. The maximum atomic E-state index is 6.65. The third-order valence-corrected chi connectivity index (χ3v) is 14.5. The van der Waals surface area contributed by atoms with Crippen molar-refractivity contribution in [1.29, 1.82) is 0 Å². The van der Waals surface area contributed by atoms with Gasteiger partial charge < -0.3 is 4.42 Å². The van der Waals surface area contributed by atoms with Crippen molar-refractivity contribution in [1.82, 2.24) is 15.0 Å². The fourth-order valence-electron chi connectivity index (χ4n) is 8.48. The number of para-hydroxylation sites is 1. The average Bonchev–Trinajstić information content (AvgIpc) is 3.70. The minimum absolute atomic E-state index is 0. The van der Waals surface area contributed by atoms with E-state index in [0.717, 1.165) is 63.0 Å². The maximum Gasteiger partial charge on any atom is 0.144 e. The molecule has 0 aliphatic heterocycles. The molecule has 4 nitrogen and oxygen atoms in total. The average molecular weight is 1060 g/mol. The van der Waals surface area contributed by atoms with Gasteiger partial charge in [0.1, 0.15) is 11.2 Å². The summed E-state index contributed by atoms with van der Waals surface area (Å²) in [6, 6.07) is 53.2. The van der Waals surface area contributed by atoms with Crippen LogP contribution in [0.25, 0.3) is 66.8 Å². The van der Waals surface area contributed by atoms with Crippen LogP contribution < -0.4 is 5.19 Å². The van der Waals surface area contributed by atoms with Crippen LogP contribution in [-0.2, 0) is 43.8 Å². The number of fused-ring (bicyclic) bond motifs is 4. The van der Waals surface area contributed by atoms with Gasteiger partial charge in [-0.2, -0.15) is 0 Å². The molecule has 66 heavy (non-hydrogen) atoms. The zero-order valence-electron chi connectivity index (χ0n) is 40.1. The predicted molar refractivity (Wildman–Crippen MR) is 279 cm³/mol. The van der Waals surface area contributed by atoms with Gasteiger partial charge >= 0.3 is 0 Å². The second-order valence-electron chi connectivity index (χ2n) is 20.4. The first kappa shape index (κ1) is 48.2. The summed E-state index contributed by atoms with van der Waals surface area (Å²) >= 11 is 0. The van der Waals surface area contributed by atoms with E-state index in [2.05, 4.69) is 168 Å². The molecule has 1 radical (unpaired) electrons. The third kappa shape index (κ3) is 11.2. The van der Waals surface area contributed by atoms with Crippen LogP contribution in [0.15, 0.2) is 175 Å². The fraction of sp³-hybridized carbons (Fsp3) is 0.250. The van der Waals surface area contributed by atoms with E-state index in [0.29, 0.717) is 0 Å². The molecule has 0 atom stereocenters. The number of aromatic nitrogens is 3. The molecule has 0 amide bonds. The first-order valence-corrected chi connectivity index (χ1v) is 26.7. The number of aryl methyl sites for hydroxylation is 1. The van der Waals surface area contributed by atoms with E-state index < -0.39 is 8.07 Å². The van der Waals surface area contributed by atoms with E-state index in [1.165, 1.54) is 57.0 Å². The molecule has 1 aliphatic rings. The summed E-state index contributed by atoms with van der Waals surface area (Å²) in [5.74, 6) is 0. The van der Waals surface area contributed by atoms with Crippen LogP contribution in [0.4, 0.5) is 0 Å². The van der Waals surface area contributed by atoms with Crippen molar-refractivity contribution in [2.24, 2.45) is 0 Å². The van der Waals surface area contributed by atoms with Crippen LogP contribution in [0.3, 0.4) is 0 Å². The second kappa shape index (κ2) is 20.4. The Morgan fingerprint density at radius 2 is 1.14 bits per heavy atom. The van der Waals surface area contributed by atoms with Crippen molar-refractivity contribution in [2.45, 2.75) is 97.7 Å². The Morgan fingerprint density at radius 1 is 0.500 bits per heavy atom. The number of pyridine rings is 3. The van der Waals surface area contributed by atoms with Gasteiger partial charge in [0.05, 0.1) is 25.2 Å². The molecule has 9 aromatic rings. The Hall–Kier alpha value is -5.78. The molecular formula is C60H63IrN3OSi. The van der Waals surface area contributed by atoms with E-state index in [9.17, 15) is 0 Å². The Labute approximate surface area is 407 Å². The molecule has 0 bridgehead atoms. The number of furan rings is 1. The van der Waals surface area contributed by atoms with Gasteiger partial charge in [-0.25, -0.2) is 0 Å². The summed E-state index contributed by atoms with van der Waals surface area (Å²) < 4.78 is 6.65. The van der Waals surface area contributed by atoms with Gasteiger partial charge in [-0.05, 0) is 118 Å². The van der Waals surface area contributed by atoms with E-state index in [1.54, 1.807) is 0 Å². The van der Waals surface area contributed by atoms with Crippen molar-refractivity contribution >= 4 is 35.2 Å². The second-order valence-corrected chi connectivity index (χ2v) is 25.5.